The molecule has 0 radical (unpaired) electrons. The number of hydrogen-bond acceptors (Lipinski definition) is 5. The molecule has 2 heterocycles. The second-order valence-corrected chi connectivity index (χ2v) is 7.35. The molecule has 0 aliphatic rings. The van der Waals surface area contributed by atoms with Gasteiger partial charge in [-0.05, 0) is 41.1 Å². The minimum absolute atomic E-state index is 0.147. The number of thiophene rings is 1. The van der Waals surface area contributed by atoms with E-state index in [1.165, 1.54) is 16.9 Å². The molecular formula is C19H20N2O2S2. The first-order valence-corrected chi connectivity index (χ1v) is 10.0. The molecular weight excluding hydrogens is 352 g/mol. The van der Waals surface area contributed by atoms with Crippen molar-refractivity contribution in [2.75, 3.05) is 13.2 Å². The molecule has 0 saturated heterocycles. The van der Waals surface area contributed by atoms with Crippen molar-refractivity contribution in [2.45, 2.75) is 18.8 Å². The summed E-state index contributed by atoms with van der Waals surface area (Å²) in [7, 11) is 0. The molecule has 0 unspecified atom stereocenters. The second-order valence-electron chi connectivity index (χ2n) is 5.71. The molecule has 0 spiro atoms. The molecule has 3 rings (SSSR count). The number of nitrogens with one attached hydrogen (secondary N) is 1. The molecule has 2 N–H and O–H groups in total. The standard InChI is InChI=1S/C19H20N2O2S2/c22-10-7-14(16-8-11-24-12-16)6-9-20-18(23)17-13-25-19(21-17)15-4-2-1-3-5-15/h1-5,8,11-14,22H,6-7,9-10H2,(H,20,23)/t14-/m1/s1. The van der Waals surface area contributed by atoms with Crippen LogP contribution < -0.4 is 5.32 Å². The number of carbonyl (C=O) groups is 1. The molecule has 1 amide bonds. The number of benzene rings is 1. The minimum Gasteiger partial charge on any atom is -0.396 e. The summed E-state index contributed by atoms with van der Waals surface area (Å²) in [6.07, 6.45) is 1.51. The molecule has 0 aliphatic carbocycles. The van der Waals surface area contributed by atoms with E-state index in [2.05, 4.69) is 21.7 Å². The number of thiazole rings is 1. The summed E-state index contributed by atoms with van der Waals surface area (Å²) in [6.45, 7) is 0.721. The van der Waals surface area contributed by atoms with Gasteiger partial charge >= 0.3 is 0 Å². The Hall–Kier alpha value is -2.02. The number of aliphatic hydroxyl groups is 1. The van der Waals surface area contributed by atoms with Crippen molar-refractivity contribution in [1.29, 1.82) is 0 Å². The Balaban J connectivity index is 1.55. The molecule has 0 bridgehead atoms. The molecule has 6 heteroatoms. The van der Waals surface area contributed by atoms with E-state index >= 15 is 0 Å². The first kappa shape index (κ1) is 17.8. The number of amides is 1. The number of aromatic nitrogens is 1. The first-order valence-electron chi connectivity index (χ1n) is 8.20. The van der Waals surface area contributed by atoms with Crippen molar-refractivity contribution >= 4 is 28.6 Å². The highest BCUT2D eigenvalue weighted by Crippen LogP contribution is 2.25. The van der Waals surface area contributed by atoms with Crippen molar-refractivity contribution < 1.29 is 9.90 Å². The number of rotatable bonds is 8. The number of aliphatic hydroxyl groups excluding tert-OH is 1. The molecule has 1 atom stereocenters. The third kappa shape index (κ3) is 4.75. The fourth-order valence-electron chi connectivity index (χ4n) is 2.68. The average molecular weight is 373 g/mol. The Morgan fingerprint density at radius 3 is 2.72 bits per heavy atom. The van der Waals surface area contributed by atoms with Gasteiger partial charge in [-0.2, -0.15) is 11.3 Å². The first-order chi connectivity index (χ1) is 12.3. The van der Waals surface area contributed by atoms with Crippen LogP contribution in [0.2, 0.25) is 0 Å². The van der Waals surface area contributed by atoms with Crippen LogP contribution in [0.5, 0.6) is 0 Å². The van der Waals surface area contributed by atoms with Crippen molar-refractivity contribution in [2.24, 2.45) is 0 Å². The Kier molecular flexibility index (Phi) is 6.33. The molecule has 2 aromatic heterocycles. The molecule has 4 nitrogen and oxygen atoms in total. The van der Waals surface area contributed by atoms with Crippen molar-refractivity contribution in [3.8, 4) is 10.6 Å². The molecule has 0 saturated carbocycles. The van der Waals surface area contributed by atoms with E-state index in [0.717, 1.165) is 17.0 Å². The SMILES string of the molecule is O=C(NCC[C@H](CCO)c1ccsc1)c1csc(-c2ccccc2)n1. The summed E-state index contributed by atoms with van der Waals surface area (Å²) in [6, 6.07) is 11.9. The van der Waals surface area contributed by atoms with Crippen LogP contribution in [0.3, 0.4) is 0 Å². The summed E-state index contributed by atoms with van der Waals surface area (Å²) >= 11 is 3.13. The Morgan fingerprint density at radius 1 is 1.16 bits per heavy atom. The lowest BCUT2D eigenvalue weighted by Crippen LogP contribution is -2.26. The van der Waals surface area contributed by atoms with Gasteiger partial charge in [0.25, 0.3) is 5.91 Å². The van der Waals surface area contributed by atoms with E-state index in [1.54, 1.807) is 16.7 Å². The van der Waals surface area contributed by atoms with Gasteiger partial charge in [-0.25, -0.2) is 4.98 Å². The Morgan fingerprint density at radius 2 is 2.00 bits per heavy atom. The minimum atomic E-state index is -0.147. The van der Waals surface area contributed by atoms with E-state index in [-0.39, 0.29) is 18.4 Å². The third-order valence-electron chi connectivity index (χ3n) is 4.03. The van der Waals surface area contributed by atoms with Crippen molar-refractivity contribution in [3.63, 3.8) is 0 Å². The van der Waals surface area contributed by atoms with Crippen LogP contribution in [0.15, 0.2) is 52.5 Å². The van der Waals surface area contributed by atoms with Gasteiger partial charge < -0.3 is 10.4 Å². The number of nitrogens with zero attached hydrogens (tertiary/aromatic N) is 1. The maximum atomic E-state index is 12.3. The molecule has 1 aromatic carbocycles. The zero-order valence-corrected chi connectivity index (χ0v) is 15.4. The van der Waals surface area contributed by atoms with Crippen LogP contribution >= 0.6 is 22.7 Å². The summed E-state index contributed by atoms with van der Waals surface area (Å²) in [4.78, 5) is 16.7. The maximum absolute atomic E-state index is 12.3. The molecule has 3 aromatic rings. The largest absolute Gasteiger partial charge is 0.396 e. The predicted octanol–water partition coefficient (Wildman–Crippen LogP) is 4.16. The van der Waals surface area contributed by atoms with Crippen LogP contribution in [0.25, 0.3) is 10.6 Å². The van der Waals surface area contributed by atoms with E-state index in [4.69, 9.17) is 0 Å². The number of carbonyl (C=O) groups excluding carboxylic acids is 1. The summed E-state index contributed by atoms with van der Waals surface area (Å²) < 4.78 is 0. The monoisotopic (exact) mass is 372 g/mol. The maximum Gasteiger partial charge on any atom is 0.270 e. The lowest BCUT2D eigenvalue weighted by Gasteiger charge is -2.14. The lowest BCUT2D eigenvalue weighted by molar-refractivity contribution is 0.0948. The van der Waals surface area contributed by atoms with Gasteiger partial charge in [0.2, 0.25) is 0 Å². The lowest BCUT2D eigenvalue weighted by atomic mass is 9.95. The zero-order chi connectivity index (χ0) is 17.5. The fraction of sp³-hybridized carbons (Fsp3) is 0.263. The highest BCUT2D eigenvalue weighted by atomic mass is 32.1. The molecule has 0 aliphatic heterocycles. The second kappa shape index (κ2) is 8.89. The third-order valence-corrected chi connectivity index (χ3v) is 5.62. The van der Waals surface area contributed by atoms with E-state index in [9.17, 15) is 9.90 Å². The number of hydrogen-bond donors (Lipinski definition) is 2. The van der Waals surface area contributed by atoms with E-state index in [0.29, 0.717) is 18.7 Å². The van der Waals surface area contributed by atoms with Crippen LogP contribution in [0.1, 0.15) is 34.8 Å². The van der Waals surface area contributed by atoms with Gasteiger partial charge in [0.05, 0.1) is 0 Å². The predicted molar refractivity (Wildman–Crippen MR) is 103 cm³/mol. The Bertz CT molecular complexity index is 785. The Labute approximate surface area is 155 Å². The van der Waals surface area contributed by atoms with Crippen LogP contribution in [0.4, 0.5) is 0 Å². The van der Waals surface area contributed by atoms with Crippen LogP contribution in [-0.2, 0) is 0 Å². The van der Waals surface area contributed by atoms with Gasteiger partial charge in [-0.1, -0.05) is 30.3 Å². The summed E-state index contributed by atoms with van der Waals surface area (Å²) in [5.74, 6) is 0.123. The van der Waals surface area contributed by atoms with Crippen molar-refractivity contribution in [1.82, 2.24) is 10.3 Å². The highest BCUT2D eigenvalue weighted by molar-refractivity contribution is 7.13. The topological polar surface area (TPSA) is 62.2 Å². The zero-order valence-electron chi connectivity index (χ0n) is 13.7. The van der Waals surface area contributed by atoms with Gasteiger partial charge in [0, 0.05) is 24.1 Å². The average Bonchev–Trinajstić information content (AvgIpc) is 3.33. The van der Waals surface area contributed by atoms with E-state index < -0.39 is 0 Å². The quantitative estimate of drug-likeness (QED) is 0.624. The molecule has 25 heavy (non-hydrogen) atoms. The molecule has 130 valence electrons. The smallest absolute Gasteiger partial charge is 0.270 e. The van der Waals surface area contributed by atoms with Crippen LogP contribution in [0, 0.1) is 0 Å². The normalized spacial score (nSPS) is 12.0. The molecule has 0 fully saturated rings. The summed E-state index contributed by atoms with van der Waals surface area (Å²) in [5, 5.41) is 19.0. The van der Waals surface area contributed by atoms with Gasteiger partial charge in [-0.3, -0.25) is 4.79 Å². The van der Waals surface area contributed by atoms with Gasteiger partial charge in [-0.15, -0.1) is 11.3 Å². The van der Waals surface area contributed by atoms with Crippen molar-refractivity contribution in [3.05, 3.63) is 63.8 Å². The summed E-state index contributed by atoms with van der Waals surface area (Å²) in [5.41, 5.74) is 2.71. The van der Waals surface area contributed by atoms with Gasteiger partial charge in [0.15, 0.2) is 0 Å². The highest BCUT2D eigenvalue weighted by Gasteiger charge is 2.14. The fourth-order valence-corrected chi connectivity index (χ4v) is 4.23. The van der Waals surface area contributed by atoms with E-state index in [1.807, 2.05) is 35.7 Å². The van der Waals surface area contributed by atoms with Crippen LogP contribution in [-0.4, -0.2) is 29.1 Å². The van der Waals surface area contributed by atoms with Gasteiger partial charge in [0.1, 0.15) is 10.7 Å².